The maximum atomic E-state index is 13.7. The highest BCUT2D eigenvalue weighted by Crippen LogP contribution is 2.26. The summed E-state index contributed by atoms with van der Waals surface area (Å²) in [5.74, 6) is 5.45. The molecule has 0 saturated carbocycles. The van der Waals surface area contributed by atoms with Gasteiger partial charge in [-0.1, -0.05) is 11.6 Å². The fourth-order valence-corrected chi connectivity index (χ4v) is 1.65. The number of rotatable bonds is 5. The van der Waals surface area contributed by atoms with E-state index < -0.39 is 5.82 Å². The Morgan fingerprint density at radius 1 is 1.45 bits per heavy atom. The minimum atomic E-state index is -0.473. The van der Waals surface area contributed by atoms with Crippen molar-refractivity contribution in [1.82, 2.24) is 9.97 Å². The SMILES string of the molecule is CCOc1ccc(Nc2nc(NN)ncc2Cl)cc1F. The lowest BCUT2D eigenvalue weighted by Crippen LogP contribution is -2.11. The van der Waals surface area contributed by atoms with Gasteiger partial charge in [-0.3, -0.25) is 5.43 Å². The first kappa shape index (κ1) is 14.3. The van der Waals surface area contributed by atoms with E-state index in [1.165, 1.54) is 18.3 Å². The lowest BCUT2D eigenvalue weighted by Gasteiger charge is -2.10. The van der Waals surface area contributed by atoms with E-state index >= 15 is 0 Å². The van der Waals surface area contributed by atoms with Gasteiger partial charge in [0.15, 0.2) is 17.4 Å². The average Bonchev–Trinajstić information content (AvgIpc) is 2.44. The number of hydrazine groups is 1. The molecule has 106 valence electrons. The molecule has 0 aliphatic heterocycles. The van der Waals surface area contributed by atoms with Gasteiger partial charge in [-0.2, -0.15) is 4.98 Å². The topological polar surface area (TPSA) is 85.1 Å². The summed E-state index contributed by atoms with van der Waals surface area (Å²) in [7, 11) is 0. The monoisotopic (exact) mass is 297 g/mol. The van der Waals surface area contributed by atoms with Gasteiger partial charge in [-0.05, 0) is 19.1 Å². The third kappa shape index (κ3) is 3.25. The Morgan fingerprint density at radius 3 is 2.90 bits per heavy atom. The van der Waals surface area contributed by atoms with Crippen LogP contribution in [0.1, 0.15) is 6.92 Å². The Kier molecular flexibility index (Phi) is 4.54. The molecule has 0 aliphatic carbocycles. The van der Waals surface area contributed by atoms with Gasteiger partial charge in [0.25, 0.3) is 0 Å². The van der Waals surface area contributed by atoms with Crippen molar-refractivity contribution in [3.63, 3.8) is 0 Å². The van der Waals surface area contributed by atoms with E-state index in [9.17, 15) is 4.39 Å². The average molecular weight is 298 g/mol. The molecule has 0 atom stereocenters. The summed E-state index contributed by atoms with van der Waals surface area (Å²) in [6.07, 6.45) is 1.39. The van der Waals surface area contributed by atoms with Crippen molar-refractivity contribution in [3.05, 3.63) is 35.2 Å². The molecule has 0 radical (unpaired) electrons. The molecule has 1 heterocycles. The minimum Gasteiger partial charge on any atom is -0.491 e. The Balaban J connectivity index is 2.23. The van der Waals surface area contributed by atoms with Crippen LogP contribution in [-0.4, -0.2) is 16.6 Å². The molecular weight excluding hydrogens is 285 g/mol. The van der Waals surface area contributed by atoms with Gasteiger partial charge < -0.3 is 10.1 Å². The maximum Gasteiger partial charge on any atom is 0.239 e. The van der Waals surface area contributed by atoms with E-state index in [4.69, 9.17) is 22.2 Å². The van der Waals surface area contributed by atoms with Gasteiger partial charge in [0.1, 0.15) is 5.02 Å². The summed E-state index contributed by atoms with van der Waals surface area (Å²) >= 11 is 5.95. The van der Waals surface area contributed by atoms with Gasteiger partial charge >= 0.3 is 0 Å². The third-order valence-electron chi connectivity index (χ3n) is 2.37. The lowest BCUT2D eigenvalue weighted by molar-refractivity contribution is 0.321. The maximum absolute atomic E-state index is 13.7. The second-order valence-corrected chi connectivity index (χ2v) is 4.14. The van der Waals surface area contributed by atoms with Crippen LogP contribution >= 0.6 is 11.6 Å². The van der Waals surface area contributed by atoms with Crippen LogP contribution in [0, 0.1) is 5.82 Å². The first-order chi connectivity index (χ1) is 9.63. The van der Waals surface area contributed by atoms with Crippen LogP contribution in [0.5, 0.6) is 5.75 Å². The molecule has 1 aromatic carbocycles. The number of nitrogens with zero attached hydrogens (tertiary/aromatic N) is 2. The van der Waals surface area contributed by atoms with E-state index in [0.29, 0.717) is 23.1 Å². The number of nitrogens with one attached hydrogen (secondary N) is 2. The van der Waals surface area contributed by atoms with Crippen LogP contribution in [0.2, 0.25) is 5.02 Å². The van der Waals surface area contributed by atoms with Crippen LogP contribution in [0.4, 0.5) is 21.8 Å². The zero-order chi connectivity index (χ0) is 14.5. The Hall–Kier alpha value is -2.12. The lowest BCUT2D eigenvalue weighted by atomic mass is 10.3. The fraction of sp³-hybridized carbons (Fsp3) is 0.167. The van der Waals surface area contributed by atoms with Crippen molar-refractivity contribution in [2.24, 2.45) is 5.84 Å². The molecule has 0 saturated heterocycles. The second kappa shape index (κ2) is 6.36. The minimum absolute atomic E-state index is 0.191. The second-order valence-electron chi connectivity index (χ2n) is 3.74. The van der Waals surface area contributed by atoms with Crippen molar-refractivity contribution in [1.29, 1.82) is 0 Å². The highest BCUT2D eigenvalue weighted by Gasteiger charge is 2.08. The van der Waals surface area contributed by atoms with E-state index in [0.717, 1.165) is 0 Å². The molecule has 8 heteroatoms. The van der Waals surface area contributed by atoms with E-state index in [1.807, 2.05) is 0 Å². The first-order valence-corrected chi connectivity index (χ1v) is 6.20. The van der Waals surface area contributed by atoms with Crippen LogP contribution in [0.25, 0.3) is 0 Å². The van der Waals surface area contributed by atoms with Gasteiger partial charge in [0.05, 0.1) is 12.8 Å². The molecule has 0 amide bonds. The number of anilines is 3. The molecule has 2 aromatic rings. The number of ether oxygens (including phenoxy) is 1. The standard InChI is InChI=1S/C12H13ClFN5O/c1-2-20-10-4-3-7(5-9(10)14)17-11-8(13)6-16-12(18-11)19-15/h3-6H,2,15H2,1H3,(H2,16,17,18,19). The molecule has 0 bridgehead atoms. The largest absolute Gasteiger partial charge is 0.491 e. The first-order valence-electron chi connectivity index (χ1n) is 5.82. The van der Waals surface area contributed by atoms with Gasteiger partial charge in [-0.15, -0.1) is 0 Å². The van der Waals surface area contributed by atoms with Crippen LogP contribution in [-0.2, 0) is 0 Å². The molecule has 6 nitrogen and oxygen atoms in total. The number of nitrogens with two attached hydrogens (primary N) is 1. The molecule has 0 spiro atoms. The molecular formula is C12H13ClFN5O. The summed E-state index contributed by atoms with van der Waals surface area (Å²) in [6.45, 7) is 2.18. The van der Waals surface area contributed by atoms with Gasteiger partial charge in [-0.25, -0.2) is 15.2 Å². The summed E-state index contributed by atoms with van der Waals surface area (Å²) in [4.78, 5) is 7.87. The highest BCUT2D eigenvalue weighted by molar-refractivity contribution is 6.32. The van der Waals surface area contributed by atoms with Crippen molar-refractivity contribution in [2.75, 3.05) is 17.3 Å². The summed E-state index contributed by atoms with van der Waals surface area (Å²) in [5, 5.41) is 3.17. The zero-order valence-corrected chi connectivity index (χ0v) is 11.4. The van der Waals surface area contributed by atoms with Crippen LogP contribution < -0.4 is 21.3 Å². The Labute approximate surface area is 120 Å². The molecule has 20 heavy (non-hydrogen) atoms. The van der Waals surface area contributed by atoms with Crippen molar-refractivity contribution in [2.45, 2.75) is 6.92 Å². The van der Waals surface area contributed by atoms with E-state index in [1.54, 1.807) is 13.0 Å². The predicted molar refractivity (Wildman–Crippen MR) is 75.7 cm³/mol. The molecule has 1 aromatic heterocycles. The molecule has 4 N–H and O–H groups in total. The van der Waals surface area contributed by atoms with Gasteiger partial charge in [0.2, 0.25) is 5.95 Å². The van der Waals surface area contributed by atoms with E-state index in [-0.39, 0.29) is 11.7 Å². The fourth-order valence-electron chi connectivity index (χ4n) is 1.51. The number of aromatic nitrogens is 2. The van der Waals surface area contributed by atoms with E-state index in [2.05, 4.69) is 20.7 Å². The predicted octanol–water partition coefficient (Wildman–Crippen LogP) is 2.70. The number of nitrogen functional groups attached to an aromatic ring is 1. The third-order valence-corrected chi connectivity index (χ3v) is 2.64. The molecule has 0 aliphatic rings. The highest BCUT2D eigenvalue weighted by atomic mass is 35.5. The van der Waals surface area contributed by atoms with Crippen molar-refractivity contribution < 1.29 is 9.13 Å². The quantitative estimate of drug-likeness (QED) is 0.581. The van der Waals surface area contributed by atoms with Gasteiger partial charge in [0, 0.05) is 11.8 Å². The molecule has 2 rings (SSSR count). The summed E-state index contributed by atoms with van der Waals surface area (Å²) < 4.78 is 18.8. The number of hydrogen-bond donors (Lipinski definition) is 3. The van der Waals surface area contributed by atoms with Crippen LogP contribution in [0.15, 0.2) is 24.4 Å². The number of hydrogen-bond acceptors (Lipinski definition) is 6. The van der Waals surface area contributed by atoms with Crippen molar-refractivity contribution >= 4 is 29.1 Å². The zero-order valence-electron chi connectivity index (χ0n) is 10.7. The molecule has 0 unspecified atom stereocenters. The Bertz CT molecular complexity index is 610. The normalized spacial score (nSPS) is 10.2. The summed E-state index contributed by atoms with van der Waals surface area (Å²) in [5.41, 5.74) is 2.78. The number of benzene rings is 1. The number of halogens is 2. The molecule has 0 fully saturated rings. The smallest absolute Gasteiger partial charge is 0.239 e. The van der Waals surface area contributed by atoms with Crippen molar-refractivity contribution in [3.8, 4) is 5.75 Å². The Morgan fingerprint density at radius 2 is 2.25 bits per heavy atom. The van der Waals surface area contributed by atoms with Crippen LogP contribution in [0.3, 0.4) is 0 Å². The summed E-state index contributed by atoms with van der Waals surface area (Å²) in [6, 6.07) is 4.47.